The molecule has 3 nitrogen and oxygen atoms in total. The van der Waals surface area contributed by atoms with Crippen LogP contribution in [0.25, 0.3) is 0 Å². The molecule has 1 unspecified atom stereocenters. The number of benzene rings is 1. The van der Waals surface area contributed by atoms with Crippen LogP contribution in [0.2, 0.25) is 10.0 Å². The van der Waals surface area contributed by atoms with Crippen molar-refractivity contribution < 1.29 is 9.90 Å². The van der Waals surface area contributed by atoms with Crippen molar-refractivity contribution in [2.45, 2.75) is 32.7 Å². The van der Waals surface area contributed by atoms with Gasteiger partial charge in [0.05, 0.1) is 16.5 Å². The summed E-state index contributed by atoms with van der Waals surface area (Å²) in [7, 11) is 0. The highest BCUT2D eigenvalue weighted by atomic mass is 35.5. The average molecular weight is 304 g/mol. The van der Waals surface area contributed by atoms with Gasteiger partial charge in [0, 0.05) is 12.6 Å². The van der Waals surface area contributed by atoms with Gasteiger partial charge >= 0.3 is 0 Å². The van der Waals surface area contributed by atoms with Gasteiger partial charge in [-0.1, -0.05) is 43.1 Å². The van der Waals surface area contributed by atoms with Crippen LogP contribution in [-0.2, 0) is 11.2 Å². The Hall–Kier alpha value is -0.770. The van der Waals surface area contributed by atoms with E-state index in [0.29, 0.717) is 16.5 Å². The highest BCUT2D eigenvalue weighted by molar-refractivity contribution is 6.42. The van der Waals surface area contributed by atoms with E-state index >= 15 is 0 Å². The van der Waals surface area contributed by atoms with Gasteiger partial charge in [-0.05, 0) is 30.0 Å². The van der Waals surface area contributed by atoms with Crippen molar-refractivity contribution in [3.05, 3.63) is 33.8 Å². The first-order chi connectivity index (χ1) is 8.93. The molecule has 0 heterocycles. The van der Waals surface area contributed by atoms with Crippen molar-refractivity contribution in [2.24, 2.45) is 5.92 Å². The van der Waals surface area contributed by atoms with Gasteiger partial charge in [0.1, 0.15) is 0 Å². The molecule has 0 aromatic heterocycles. The number of carbonyl (C=O) groups excluding carboxylic acids is 1. The van der Waals surface area contributed by atoms with Crippen molar-refractivity contribution in [3.8, 4) is 0 Å². The molecule has 0 saturated carbocycles. The Kier molecular flexibility index (Phi) is 6.63. The third-order valence-electron chi connectivity index (χ3n) is 2.94. The molecule has 1 aromatic rings. The topological polar surface area (TPSA) is 49.3 Å². The van der Waals surface area contributed by atoms with Crippen molar-refractivity contribution in [1.82, 2.24) is 5.32 Å². The SMILES string of the molecule is CC(C)C(CCO)NC(=O)Cc1ccc(Cl)c(Cl)c1. The Morgan fingerprint density at radius 3 is 2.53 bits per heavy atom. The Morgan fingerprint density at radius 1 is 1.32 bits per heavy atom. The lowest BCUT2D eigenvalue weighted by molar-refractivity contribution is -0.121. The molecule has 0 aliphatic heterocycles. The molecule has 1 atom stereocenters. The Labute approximate surface area is 123 Å². The van der Waals surface area contributed by atoms with E-state index in [1.54, 1.807) is 18.2 Å². The van der Waals surface area contributed by atoms with E-state index in [-0.39, 0.29) is 30.9 Å². The maximum absolute atomic E-state index is 11.9. The molecule has 0 spiro atoms. The average Bonchev–Trinajstić information content (AvgIpc) is 2.33. The van der Waals surface area contributed by atoms with Crippen LogP contribution in [0.4, 0.5) is 0 Å². The van der Waals surface area contributed by atoms with E-state index in [4.69, 9.17) is 28.3 Å². The summed E-state index contributed by atoms with van der Waals surface area (Å²) in [4.78, 5) is 11.9. The van der Waals surface area contributed by atoms with Crippen LogP contribution < -0.4 is 5.32 Å². The lowest BCUT2D eigenvalue weighted by atomic mass is 10.0. The zero-order valence-corrected chi connectivity index (χ0v) is 12.6. The largest absolute Gasteiger partial charge is 0.396 e. The molecule has 0 fully saturated rings. The van der Waals surface area contributed by atoms with Crippen LogP contribution in [0.1, 0.15) is 25.8 Å². The number of halogens is 2. The number of nitrogens with one attached hydrogen (secondary N) is 1. The summed E-state index contributed by atoms with van der Waals surface area (Å²) in [5.41, 5.74) is 0.818. The fourth-order valence-corrected chi connectivity index (χ4v) is 2.12. The summed E-state index contributed by atoms with van der Waals surface area (Å²) >= 11 is 11.7. The number of rotatable bonds is 6. The highest BCUT2D eigenvalue weighted by Gasteiger charge is 2.15. The fraction of sp³-hybridized carbons (Fsp3) is 0.500. The molecule has 0 radical (unpaired) electrons. The molecule has 0 aliphatic rings. The molecule has 1 amide bonds. The zero-order valence-electron chi connectivity index (χ0n) is 11.1. The molecule has 19 heavy (non-hydrogen) atoms. The Bertz CT molecular complexity index is 435. The van der Waals surface area contributed by atoms with Crippen LogP contribution in [-0.4, -0.2) is 23.7 Å². The molecule has 1 rings (SSSR count). The van der Waals surface area contributed by atoms with E-state index in [0.717, 1.165) is 5.56 Å². The van der Waals surface area contributed by atoms with Gasteiger partial charge in [-0.2, -0.15) is 0 Å². The standard InChI is InChI=1S/C14H19Cl2NO2/c1-9(2)13(5-6-18)17-14(19)8-10-3-4-11(15)12(16)7-10/h3-4,7,9,13,18H,5-6,8H2,1-2H3,(H,17,19). The van der Waals surface area contributed by atoms with Gasteiger partial charge < -0.3 is 10.4 Å². The van der Waals surface area contributed by atoms with Crippen molar-refractivity contribution >= 4 is 29.1 Å². The number of amides is 1. The van der Waals surface area contributed by atoms with Crippen LogP contribution in [0.5, 0.6) is 0 Å². The summed E-state index contributed by atoms with van der Waals surface area (Å²) in [5, 5.41) is 12.8. The second-order valence-electron chi connectivity index (χ2n) is 4.86. The summed E-state index contributed by atoms with van der Waals surface area (Å²) in [6.45, 7) is 4.09. The smallest absolute Gasteiger partial charge is 0.224 e. The maximum atomic E-state index is 11.9. The van der Waals surface area contributed by atoms with Gasteiger partial charge in [-0.15, -0.1) is 0 Å². The predicted octanol–water partition coefficient (Wildman–Crippen LogP) is 3.06. The van der Waals surface area contributed by atoms with Gasteiger partial charge in [-0.3, -0.25) is 4.79 Å². The molecule has 5 heteroatoms. The van der Waals surface area contributed by atoms with Gasteiger partial charge in [-0.25, -0.2) is 0 Å². The number of carbonyl (C=O) groups is 1. The minimum Gasteiger partial charge on any atom is -0.396 e. The third-order valence-corrected chi connectivity index (χ3v) is 3.68. The lowest BCUT2D eigenvalue weighted by Gasteiger charge is -2.21. The predicted molar refractivity (Wildman–Crippen MR) is 78.6 cm³/mol. The fourth-order valence-electron chi connectivity index (χ4n) is 1.80. The molecule has 0 aliphatic carbocycles. The first-order valence-electron chi connectivity index (χ1n) is 6.28. The summed E-state index contributed by atoms with van der Waals surface area (Å²) in [5.74, 6) is 0.204. The first kappa shape index (κ1) is 16.3. The highest BCUT2D eigenvalue weighted by Crippen LogP contribution is 2.22. The van der Waals surface area contributed by atoms with Crippen molar-refractivity contribution in [3.63, 3.8) is 0 Å². The van der Waals surface area contributed by atoms with Crippen molar-refractivity contribution in [2.75, 3.05) is 6.61 Å². The summed E-state index contributed by atoms with van der Waals surface area (Å²) in [6.07, 6.45) is 0.816. The van der Waals surface area contributed by atoms with Crippen LogP contribution >= 0.6 is 23.2 Å². The van der Waals surface area contributed by atoms with Gasteiger partial charge in [0.25, 0.3) is 0 Å². The molecule has 0 saturated heterocycles. The quantitative estimate of drug-likeness (QED) is 0.848. The van der Waals surface area contributed by atoms with E-state index in [9.17, 15) is 4.79 Å². The van der Waals surface area contributed by atoms with Crippen LogP contribution in [0.3, 0.4) is 0 Å². The van der Waals surface area contributed by atoms with E-state index in [1.165, 1.54) is 0 Å². The van der Waals surface area contributed by atoms with E-state index in [1.807, 2.05) is 13.8 Å². The van der Waals surface area contributed by atoms with Crippen molar-refractivity contribution in [1.29, 1.82) is 0 Å². The van der Waals surface area contributed by atoms with Gasteiger partial charge in [0.2, 0.25) is 5.91 Å². The number of hydrogen-bond acceptors (Lipinski definition) is 2. The monoisotopic (exact) mass is 303 g/mol. The number of aliphatic hydroxyl groups is 1. The minimum atomic E-state index is -0.0782. The third kappa shape index (κ3) is 5.39. The molecule has 0 bridgehead atoms. The van der Waals surface area contributed by atoms with E-state index < -0.39 is 0 Å². The summed E-state index contributed by atoms with van der Waals surface area (Å²) in [6, 6.07) is 5.14. The van der Waals surface area contributed by atoms with E-state index in [2.05, 4.69) is 5.32 Å². The zero-order chi connectivity index (χ0) is 14.4. The Morgan fingerprint density at radius 2 is 2.00 bits per heavy atom. The maximum Gasteiger partial charge on any atom is 0.224 e. The van der Waals surface area contributed by atoms with Crippen LogP contribution in [0.15, 0.2) is 18.2 Å². The second kappa shape index (κ2) is 7.73. The van der Waals surface area contributed by atoms with Crippen LogP contribution in [0, 0.1) is 5.92 Å². The van der Waals surface area contributed by atoms with Gasteiger partial charge in [0.15, 0.2) is 0 Å². The molecular formula is C14H19Cl2NO2. The lowest BCUT2D eigenvalue weighted by Crippen LogP contribution is -2.40. The normalized spacial score (nSPS) is 12.5. The first-order valence-corrected chi connectivity index (χ1v) is 7.03. The second-order valence-corrected chi connectivity index (χ2v) is 5.67. The Balaban J connectivity index is 2.61. The molecule has 2 N–H and O–H groups in total. The minimum absolute atomic E-state index is 0.0136. The summed E-state index contributed by atoms with van der Waals surface area (Å²) < 4.78 is 0. The molecular weight excluding hydrogens is 285 g/mol. The number of hydrogen-bond donors (Lipinski definition) is 2. The number of aliphatic hydroxyl groups excluding tert-OH is 1. The molecule has 106 valence electrons. The molecule has 1 aromatic carbocycles.